The quantitative estimate of drug-likeness (QED) is 0.900. The summed E-state index contributed by atoms with van der Waals surface area (Å²) >= 11 is 1.63. The maximum absolute atomic E-state index is 11.1. The summed E-state index contributed by atoms with van der Waals surface area (Å²) in [5.74, 6) is -0.647. The summed E-state index contributed by atoms with van der Waals surface area (Å²) in [5.41, 5.74) is 0.770. The third-order valence-electron chi connectivity index (χ3n) is 2.53. The Morgan fingerprint density at radius 1 is 1.56 bits per heavy atom. The van der Waals surface area contributed by atoms with E-state index in [4.69, 9.17) is 5.11 Å². The van der Waals surface area contributed by atoms with Crippen molar-refractivity contribution < 1.29 is 9.90 Å². The largest absolute Gasteiger partial charge is 0.476 e. The Hall–Kier alpha value is -1.69. The van der Waals surface area contributed by atoms with Crippen LogP contribution in [0.3, 0.4) is 0 Å². The summed E-state index contributed by atoms with van der Waals surface area (Å²) in [6.45, 7) is 4.68. The fraction of sp³-hybridized carbons (Fsp3) is 0.417. The van der Waals surface area contributed by atoms with Crippen LogP contribution in [-0.2, 0) is 13.0 Å². The van der Waals surface area contributed by atoms with Gasteiger partial charge in [0.15, 0.2) is 5.69 Å². The number of carboxylic acids is 1. The molecule has 0 aliphatic carbocycles. The molecule has 6 heteroatoms. The lowest BCUT2D eigenvalue weighted by Gasteiger charge is -2.08. The Bertz CT molecular complexity index is 532. The van der Waals surface area contributed by atoms with Gasteiger partial charge in [0, 0.05) is 4.88 Å². The molecule has 2 aromatic heterocycles. The molecule has 0 unspecified atom stereocenters. The minimum atomic E-state index is -1.01. The number of aromatic carboxylic acids is 1. The van der Waals surface area contributed by atoms with Gasteiger partial charge in [-0.3, -0.25) is 0 Å². The Morgan fingerprint density at radius 3 is 2.89 bits per heavy atom. The number of aromatic nitrogens is 3. The van der Waals surface area contributed by atoms with E-state index in [2.05, 4.69) is 10.3 Å². The van der Waals surface area contributed by atoms with Crippen LogP contribution < -0.4 is 0 Å². The molecule has 0 aliphatic heterocycles. The molecule has 2 rings (SSSR count). The first-order chi connectivity index (χ1) is 8.58. The van der Waals surface area contributed by atoms with Gasteiger partial charge in [-0.15, -0.1) is 16.4 Å². The van der Waals surface area contributed by atoms with Gasteiger partial charge < -0.3 is 5.11 Å². The van der Waals surface area contributed by atoms with E-state index in [0.717, 1.165) is 4.88 Å². The number of thiophene rings is 1. The van der Waals surface area contributed by atoms with Crippen LogP contribution in [0.15, 0.2) is 17.5 Å². The predicted octanol–water partition coefficient (Wildman–Crippen LogP) is 2.28. The van der Waals surface area contributed by atoms with E-state index in [1.165, 1.54) is 0 Å². The Labute approximate surface area is 109 Å². The van der Waals surface area contributed by atoms with E-state index in [1.54, 1.807) is 16.0 Å². The van der Waals surface area contributed by atoms with Crippen LogP contribution in [0.25, 0.3) is 0 Å². The zero-order chi connectivity index (χ0) is 13.1. The highest BCUT2D eigenvalue weighted by Crippen LogP contribution is 2.16. The van der Waals surface area contributed by atoms with Gasteiger partial charge in [-0.25, -0.2) is 9.48 Å². The number of rotatable bonds is 5. The summed E-state index contributed by atoms with van der Waals surface area (Å²) in [5, 5.41) is 18.8. The highest BCUT2D eigenvalue weighted by molar-refractivity contribution is 7.09. The van der Waals surface area contributed by atoms with Gasteiger partial charge in [0.25, 0.3) is 0 Å². The minimum Gasteiger partial charge on any atom is -0.476 e. The van der Waals surface area contributed by atoms with E-state index in [9.17, 15) is 4.79 Å². The van der Waals surface area contributed by atoms with Crippen molar-refractivity contribution in [2.24, 2.45) is 5.92 Å². The van der Waals surface area contributed by atoms with Crippen molar-refractivity contribution in [3.8, 4) is 0 Å². The van der Waals surface area contributed by atoms with Gasteiger partial charge in [-0.05, 0) is 23.8 Å². The maximum atomic E-state index is 11.1. The van der Waals surface area contributed by atoms with Gasteiger partial charge >= 0.3 is 5.97 Å². The average molecular weight is 265 g/mol. The Morgan fingerprint density at radius 2 is 2.33 bits per heavy atom. The van der Waals surface area contributed by atoms with Gasteiger partial charge in [-0.1, -0.05) is 25.1 Å². The summed E-state index contributed by atoms with van der Waals surface area (Å²) in [4.78, 5) is 12.2. The van der Waals surface area contributed by atoms with E-state index in [-0.39, 0.29) is 5.69 Å². The molecule has 2 aromatic rings. The second-order valence-electron chi connectivity index (χ2n) is 4.52. The molecule has 0 spiro atoms. The molecular formula is C12H15N3O2S. The van der Waals surface area contributed by atoms with E-state index in [0.29, 0.717) is 24.6 Å². The molecular weight excluding hydrogens is 250 g/mol. The van der Waals surface area contributed by atoms with Crippen molar-refractivity contribution in [1.82, 2.24) is 15.0 Å². The summed E-state index contributed by atoms with van der Waals surface area (Å²) in [7, 11) is 0. The summed E-state index contributed by atoms with van der Waals surface area (Å²) in [6.07, 6.45) is 0.667. The van der Waals surface area contributed by atoms with Crippen molar-refractivity contribution in [1.29, 1.82) is 0 Å². The lowest BCUT2D eigenvalue weighted by Crippen LogP contribution is -2.11. The summed E-state index contributed by atoms with van der Waals surface area (Å²) in [6, 6.07) is 3.98. The SMILES string of the molecule is CC(C)Cc1c(C(=O)O)nnn1Cc1cccs1. The number of carboxylic acid groups (broad SMARTS) is 1. The van der Waals surface area contributed by atoms with Crippen LogP contribution >= 0.6 is 11.3 Å². The van der Waals surface area contributed by atoms with E-state index < -0.39 is 5.97 Å². The summed E-state index contributed by atoms with van der Waals surface area (Å²) < 4.78 is 1.69. The zero-order valence-electron chi connectivity index (χ0n) is 10.3. The topological polar surface area (TPSA) is 68.0 Å². The third kappa shape index (κ3) is 2.76. The van der Waals surface area contributed by atoms with E-state index in [1.807, 2.05) is 31.4 Å². The minimum absolute atomic E-state index is 0.0697. The second kappa shape index (κ2) is 5.30. The molecule has 1 N–H and O–H groups in total. The monoisotopic (exact) mass is 265 g/mol. The van der Waals surface area contributed by atoms with Crippen LogP contribution in [0.5, 0.6) is 0 Å². The number of hydrogen-bond donors (Lipinski definition) is 1. The number of hydrogen-bond acceptors (Lipinski definition) is 4. The molecule has 0 saturated heterocycles. The smallest absolute Gasteiger partial charge is 0.358 e. The second-order valence-corrected chi connectivity index (χ2v) is 5.56. The fourth-order valence-electron chi connectivity index (χ4n) is 1.76. The number of nitrogens with zero attached hydrogens (tertiary/aromatic N) is 3. The lowest BCUT2D eigenvalue weighted by atomic mass is 10.1. The van der Waals surface area contributed by atoms with Crippen molar-refractivity contribution >= 4 is 17.3 Å². The molecule has 2 heterocycles. The standard InChI is InChI=1S/C12H15N3O2S/c1-8(2)6-10-11(12(16)17)13-14-15(10)7-9-4-3-5-18-9/h3-5,8H,6-7H2,1-2H3,(H,16,17). The van der Waals surface area contributed by atoms with Gasteiger partial charge in [-0.2, -0.15) is 0 Å². The first-order valence-corrected chi connectivity index (χ1v) is 6.64. The van der Waals surface area contributed by atoms with Crippen molar-refractivity contribution in [2.75, 3.05) is 0 Å². The van der Waals surface area contributed by atoms with Crippen LogP contribution in [-0.4, -0.2) is 26.1 Å². The first-order valence-electron chi connectivity index (χ1n) is 5.76. The van der Waals surface area contributed by atoms with Crippen molar-refractivity contribution in [3.05, 3.63) is 33.8 Å². The molecule has 96 valence electrons. The Kier molecular flexibility index (Phi) is 3.76. The van der Waals surface area contributed by atoms with Crippen LogP contribution in [0.4, 0.5) is 0 Å². The molecule has 5 nitrogen and oxygen atoms in total. The molecule has 0 saturated carbocycles. The molecule has 0 aliphatic rings. The van der Waals surface area contributed by atoms with Crippen molar-refractivity contribution in [2.45, 2.75) is 26.8 Å². The van der Waals surface area contributed by atoms with Crippen LogP contribution in [0.1, 0.15) is 34.9 Å². The predicted molar refractivity (Wildman–Crippen MR) is 68.9 cm³/mol. The highest BCUT2D eigenvalue weighted by Gasteiger charge is 2.19. The van der Waals surface area contributed by atoms with Gasteiger partial charge in [0.2, 0.25) is 0 Å². The van der Waals surface area contributed by atoms with Crippen molar-refractivity contribution in [3.63, 3.8) is 0 Å². The van der Waals surface area contributed by atoms with Gasteiger partial charge in [0.1, 0.15) is 0 Å². The molecule has 0 fully saturated rings. The molecule has 0 amide bonds. The maximum Gasteiger partial charge on any atom is 0.358 e. The highest BCUT2D eigenvalue weighted by atomic mass is 32.1. The normalized spacial score (nSPS) is 11.1. The molecule has 0 radical (unpaired) electrons. The Balaban J connectivity index is 2.31. The molecule has 0 atom stereocenters. The number of carbonyl (C=O) groups is 1. The average Bonchev–Trinajstić information content (AvgIpc) is 2.89. The van der Waals surface area contributed by atoms with Gasteiger partial charge in [0.05, 0.1) is 12.2 Å². The lowest BCUT2D eigenvalue weighted by molar-refractivity contribution is 0.0689. The molecule has 0 aromatic carbocycles. The fourth-order valence-corrected chi connectivity index (χ4v) is 2.45. The van der Waals surface area contributed by atoms with Crippen LogP contribution in [0, 0.1) is 5.92 Å². The van der Waals surface area contributed by atoms with E-state index >= 15 is 0 Å². The zero-order valence-corrected chi connectivity index (χ0v) is 11.1. The molecule has 0 bridgehead atoms. The molecule has 18 heavy (non-hydrogen) atoms. The third-order valence-corrected chi connectivity index (χ3v) is 3.39. The van der Waals surface area contributed by atoms with Crippen LogP contribution in [0.2, 0.25) is 0 Å². The first kappa shape index (κ1) is 12.8.